The minimum absolute atomic E-state index is 0.112. The van der Waals surface area contributed by atoms with Crippen LogP contribution in [-0.2, 0) is 0 Å². The van der Waals surface area contributed by atoms with Crippen LogP contribution in [0.15, 0.2) is 66.9 Å². The van der Waals surface area contributed by atoms with Gasteiger partial charge in [-0.05, 0) is 0 Å². The largest absolute Gasteiger partial charge is 0.192 e. The highest BCUT2D eigenvalue weighted by molar-refractivity contribution is 5.87. The van der Waals surface area contributed by atoms with E-state index in [4.69, 9.17) is 0 Å². The van der Waals surface area contributed by atoms with Crippen molar-refractivity contribution in [2.45, 2.75) is 0 Å². The van der Waals surface area contributed by atoms with Gasteiger partial charge in [0.15, 0.2) is 0 Å². The summed E-state index contributed by atoms with van der Waals surface area (Å²) in [6.45, 7) is 0. The maximum Gasteiger partial charge on any atom is 0.102 e. The van der Waals surface area contributed by atoms with Crippen LogP contribution in [0.1, 0.15) is 0 Å². The standard InChI is InChI=1S/C22HN9/c23-1-10-11(2-24)14(5-27)20-17(8-30)18(9-31)21-16(7-29)12(3-25)15(6-28)19(22(20)21)13(10)4-26/h22H/t22-/m1/s1. The quantitative estimate of drug-likeness (QED) is 0.590. The van der Waals surface area contributed by atoms with Crippen molar-refractivity contribution in [1.82, 2.24) is 0 Å². The molecule has 0 saturated heterocycles. The number of rotatable bonds is 0. The highest BCUT2D eigenvalue weighted by atomic mass is 14.5. The van der Waals surface area contributed by atoms with Gasteiger partial charge in [0.05, 0.1) is 50.2 Å². The van der Waals surface area contributed by atoms with E-state index >= 15 is 0 Å². The third-order valence-corrected chi connectivity index (χ3v) is 4.99. The Bertz CT molecular complexity index is 1600. The summed E-state index contributed by atoms with van der Waals surface area (Å²) in [6, 6.07) is 15.8. The lowest BCUT2D eigenvalue weighted by Gasteiger charge is -2.26. The third kappa shape index (κ3) is 2.21. The Morgan fingerprint density at radius 2 is 0.484 bits per heavy atom. The van der Waals surface area contributed by atoms with Crippen molar-refractivity contribution >= 4 is 0 Å². The van der Waals surface area contributed by atoms with E-state index < -0.39 is 39.4 Å². The normalized spacial score (nSPS) is 18.9. The second kappa shape index (κ2) is 7.11. The fourth-order valence-corrected chi connectivity index (χ4v) is 3.89. The summed E-state index contributed by atoms with van der Waals surface area (Å²) in [4.78, 5) is 0. The van der Waals surface area contributed by atoms with E-state index in [1.807, 2.05) is 0 Å². The Kier molecular flexibility index (Phi) is 4.50. The molecule has 3 aliphatic carbocycles. The molecule has 9 heteroatoms. The highest BCUT2D eigenvalue weighted by Gasteiger charge is 2.49. The zero-order chi connectivity index (χ0) is 22.9. The van der Waals surface area contributed by atoms with Gasteiger partial charge in [0, 0.05) is 22.6 Å². The first-order valence-electron chi connectivity index (χ1n) is 8.13. The van der Waals surface area contributed by atoms with Crippen LogP contribution in [0.25, 0.3) is 0 Å². The molecule has 0 heterocycles. The zero-order valence-corrected chi connectivity index (χ0v) is 15.1. The Morgan fingerprint density at radius 1 is 0.290 bits per heavy atom. The van der Waals surface area contributed by atoms with E-state index in [0.717, 1.165) is 0 Å². The van der Waals surface area contributed by atoms with Gasteiger partial charge in [0.25, 0.3) is 0 Å². The minimum Gasteiger partial charge on any atom is -0.192 e. The van der Waals surface area contributed by atoms with Gasteiger partial charge in [-0.2, -0.15) is 47.4 Å². The number of hydrogen-bond donors (Lipinski definition) is 0. The summed E-state index contributed by atoms with van der Waals surface area (Å²) in [7, 11) is 0. The molecule has 0 radical (unpaired) electrons. The van der Waals surface area contributed by atoms with Crippen molar-refractivity contribution in [2.24, 2.45) is 5.92 Å². The van der Waals surface area contributed by atoms with Gasteiger partial charge >= 0.3 is 0 Å². The van der Waals surface area contributed by atoms with Crippen LogP contribution in [0.4, 0.5) is 0 Å². The summed E-state index contributed by atoms with van der Waals surface area (Å²) < 4.78 is 0. The van der Waals surface area contributed by atoms with Crippen LogP contribution < -0.4 is 0 Å². The first kappa shape index (κ1) is 19.6. The molecule has 31 heavy (non-hydrogen) atoms. The molecule has 0 fully saturated rings. The molecule has 1 atom stereocenters. The summed E-state index contributed by atoms with van der Waals surface area (Å²) in [6.07, 6.45) is 0. The molecule has 3 rings (SSSR count). The van der Waals surface area contributed by atoms with Crippen molar-refractivity contribution in [3.8, 4) is 54.6 Å². The topological polar surface area (TPSA) is 214 Å². The summed E-state index contributed by atoms with van der Waals surface area (Å²) in [5.74, 6) is -1.29. The molecule has 134 valence electrons. The molecular formula is C22HN9. The fraction of sp³-hybridized carbons (Fsp3) is 0.0455. The Hall–Kier alpha value is -6.15. The predicted octanol–water partition coefficient (Wildman–Crippen LogP) is 2.14. The third-order valence-electron chi connectivity index (χ3n) is 4.99. The number of nitrogens with zero attached hydrogens (tertiary/aromatic N) is 9. The fourth-order valence-electron chi connectivity index (χ4n) is 3.89. The molecule has 0 N–H and O–H groups in total. The maximum absolute atomic E-state index is 9.82. The van der Waals surface area contributed by atoms with Gasteiger partial charge in [-0.15, -0.1) is 0 Å². The molecule has 9 nitrogen and oxygen atoms in total. The van der Waals surface area contributed by atoms with Crippen LogP contribution in [0.5, 0.6) is 0 Å². The van der Waals surface area contributed by atoms with Crippen LogP contribution in [0.2, 0.25) is 0 Å². The van der Waals surface area contributed by atoms with Crippen LogP contribution in [-0.4, -0.2) is 0 Å². The predicted molar refractivity (Wildman–Crippen MR) is 96.2 cm³/mol. The molecule has 0 aliphatic heterocycles. The number of hydrogen-bond acceptors (Lipinski definition) is 9. The van der Waals surface area contributed by atoms with E-state index in [1.165, 1.54) is 0 Å². The van der Waals surface area contributed by atoms with Crippen LogP contribution in [0.3, 0.4) is 0 Å². The van der Waals surface area contributed by atoms with Gasteiger partial charge in [0.2, 0.25) is 0 Å². The minimum atomic E-state index is -1.29. The second-order valence-electron chi connectivity index (χ2n) is 6.06. The van der Waals surface area contributed by atoms with E-state index in [-0.39, 0.29) is 33.4 Å². The van der Waals surface area contributed by atoms with Crippen LogP contribution in [0, 0.1) is 108 Å². The van der Waals surface area contributed by atoms with Gasteiger partial charge in [-0.1, -0.05) is 0 Å². The van der Waals surface area contributed by atoms with Gasteiger partial charge < -0.3 is 0 Å². The van der Waals surface area contributed by atoms with Gasteiger partial charge in [-0.3, -0.25) is 0 Å². The summed E-state index contributed by atoms with van der Waals surface area (Å²) >= 11 is 0. The Morgan fingerprint density at radius 3 is 0.710 bits per heavy atom. The van der Waals surface area contributed by atoms with Crippen molar-refractivity contribution in [3.05, 3.63) is 66.9 Å². The monoisotopic (exact) mass is 391 g/mol. The zero-order valence-electron chi connectivity index (χ0n) is 15.1. The lowest BCUT2D eigenvalue weighted by atomic mass is 9.71. The smallest absolute Gasteiger partial charge is 0.102 e. The molecule has 0 bridgehead atoms. The molecular weight excluding hydrogens is 390 g/mol. The molecule has 0 aromatic heterocycles. The number of nitriles is 9. The molecule has 0 saturated carbocycles. The molecule has 3 aliphatic rings. The van der Waals surface area contributed by atoms with Crippen molar-refractivity contribution < 1.29 is 0 Å². The lowest BCUT2D eigenvalue weighted by molar-refractivity contribution is 0.871. The maximum atomic E-state index is 9.82. The van der Waals surface area contributed by atoms with E-state index in [2.05, 4.69) is 0 Å². The molecule has 0 unspecified atom stereocenters. The average molecular weight is 391 g/mol. The lowest BCUT2D eigenvalue weighted by Crippen LogP contribution is -2.19. The summed E-state index contributed by atoms with van der Waals surface area (Å²) in [5, 5.41) is 87.5. The molecule has 0 aromatic rings. The Labute approximate surface area is 175 Å². The molecule has 0 amide bonds. The number of allylic oxidation sites excluding steroid dienone is 12. The van der Waals surface area contributed by atoms with Crippen molar-refractivity contribution in [1.29, 1.82) is 47.4 Å². The average Bonchev–Trinajstić information content (AvgIpc) is 3.06. The molecule has 0 spiro atoms. The summed E-state index contributed by atoms with van der Waals surface area (Å²) in [5.41, 5.74) is -4.13. The van der Waals surface area contributed by atoms with Crippen molar-refractivity contribution in [3.63, 3.8) is 0 Å². The van der Waals surface area contributed by atoms with Gasteiger partial charge in [0.1, 0.15) is 54.6 Å². The van der Waals surface area contributed by atoms with Gasteiger partial charge in [-0.25, -0.2) is 0 Å². The highest BCUT2D eigenvalue weighted by Crippen LogP contribution is 2.55. The Balaban J connectivity index is 2.82. The first-order valence-corrected chi connectivity index (χ1v) is 8.13. The van der Waals surface area contributed by atoms with Crippen molar-refractivity contribution in [2.75, 3.05) is 0 Å². The van der Waals surface area contributed by atoms with Crippen LogP contribution >= 0.6 is 0 Å². The molecule has 0 aromatic carbocycles. The second-order valence-corrected chi connectivity index (χ2v) is 6.06. The SMILES string of the molecule is N#CC1=C(C#N)C2=C(C#N)C(C#N)=C(C#N)C3=C(C#N)C(C#N)=C(C(C#N)=C1C#N)[C@@H]23. The van der Waals surface area contributed by atoms with E-state index in [9.17, 15) is 47.4 Å². The van der Waals surface area contributed by atoms with E-state index in [0.29, 0.717) is 0 Å². The first-order chi connectivity index (χ1) is 15.0. The van der Waals surface area contributed by atoms with E-state index in [1.54, 1.807) is 54.6 Å².